The van der Waals surface area contributed by atoms with Crippen molar-refractivity contribution in [3.63, 3.8) is 0 Å². The Morgan fingerprint density at radius 2 is 2.11 bits per heavy atom. The van der Waals surface area contributed by atoms with Gasteiger partial charge in [0, 0.05) is 25.6 Å². The first-order valence-electron chi connectivity index (χ1n) is 6.77. The van der Waals surface area contributed by atoms with Crippen molar-refractivity contribution >= 4 is 6.09 Å². The quantitative estimate of drug-likeness (QED) is 0.678. The van der Waals surface area contributed by atoms with E-state index >= 15 is 0 Å². The van der Waals surface area contributed by atoms with Gasteiger partial charge in [0.15, 0.2) is 0 Å². The highest BCUT2D eigenvalue weighted by Gasteiger charge is 2.41. The van der Waals surface area contributed by atoms with Gasteiger partial charge in [-0.2, -0.15) is 0 Å². The number of hydrogen-bond acceptors (Lipinski definition) is 4. The molecule has 0 aromatic rings. The maximum atomic E-state index is 12.2. The van der Waals surface area contributed by atoms with Crippen LogP contribution in [0.4, 0.5) is 4.79 Å². The Balaban J connectivity index is 2.05. The van der Waals surface area contributed by atoms with Crippen molar-refractivity contribution in [3.05, 3.63) is 0 Å². The monoisotopic (exact) mass is 256 g/mol. The highest BCUT2D eigenvalue weighted by Crippen LogP contribution is 2.29. The SMILES string of the molecule is CC(C)(C)OC(=O)N1CCCC2C(O)CNCC21. The number of rotatable bonds is 0. The van der Waals surface area contributed by atoms with E-state index in [0.717, 1.165) is 25.9 Å². The Labute approximate surface area is 108 Å². The fraction of sp³-hybridized carbons (Fsp3) is 0.923. The van der Waals surface area contributed by atoms with Gasteiger partial charge in [0.25, 0.3) is 0 Å². The summed E-state index contributed by atoms with van der Waals surface area (Å²) < 4.78 is 5.44. The van der Waals surface area contributed by atoms with Crippen molar-refractivity contribution < 1.29 is 14.6 Å². The van der Waals surface area contributed by atoms with Crippen molar-refractivity contribution in [2.75, 3.05) is 19.6 Å². The van der Waals surface area contributed by atoms with E-state index in [4.69, 9.17) is 4.74 Å². The first-order chi connectivity index (χ1) is 8.38. The summed E-state index contributed by atoms with van der Waals surface area (Å²) in [5.74, 6) is 0.188. The Morgan fingerprint density at radius 3 is 2.78 bits per heavy atom. The minimum absolute atomic E-state index is 0.0670. The standard InChI is InChI=1S/C13H24N2O3/c1-13(2,3)18-12(17)15-6-4-5-9-10(15)7-14-8-11(9)16/h9-11,14,16H,4-8H2,1-3H3. The van der Waals surface area contributed by atoms with Crippen LogP contribution in [0.2, 0.25) is 0 Å². The van der Waals surface area contributed by atoms with Crippen molar-refractivity contribution in [2.45, 2.75) is 51.4 Å². The van der Waals surface area contributed by atoms with E-state index in [1.165, 1.54) is 0 Å². The van der Waals surface area contributed by atoms with Crippen LogP contribution < -0.4 is 5.32 Å². The van der Waals surface area contributed by atoms with Crippen LogP contribution in [-0.2, 0) is 4.74 Å². The fourth-order valence-electron chi connectivity index (χ4n) is 2.87. The van der Waals surface area contributed by atoms with E-state index in [1.54, 1.807) is 4.90 Å². The lowest BCUT2D eigenvalue weighted by Gasteiger charge is -2.46. The number of fused-ring (bicyclic) bond motifs is 1. The predicted octanol–water partition coefficient (Wildman–Crippen LogP) is 0.966. The van der Waals surface area contributed by atoms with E-state index in [-0.39, 0.29) is 24.2 Å². The third-order valence-corrected chi connectivity index (χ3v) is 3.66. The Morgan fingerprint density at radius 1 is 1.39 bits per heavy atom. The first kappa shape index (κ1) is 13.6. The lowest BCUT2D eigenvalue weighted by atomic mass is 9.82. The van der Waals surface area contributed by atoms with Crippen LogP contribution in [0.1, 0.15) is 33.6 Å². The molecule has 104 valence electrons. The number of amides is 1. The number of aliphatic hydroxyl groups excluding tert-OH is 1. The number of aliphatic hydroxyl groups is 1. The molecule has 0 spiro atoms. The minimum Gasteiger partial charge on any atom is -0.444 e. The van der Waals surface area contributed by atoms with Crippen molar-refractivity contribution in [1.82, 2.24) is 10.2 Å². The number of carbonyl (C=O) groups is 1. The predicted molar refractivity (Wildman–Crippen MR) is 68.3 cm³/mol. The molecule has 0 aliphatic carbocycles. The summed E-state index contributed by atoms with van der Waals surface area (Å²) in [6, 6.07) is 0.0670. The summed E-state index contributed by atoms with van der Waals surface area (Å²) in [6.45, 7) is 7.73. The Bertz CT molecular complexity index is 314. The summed E-state index contributed by atoms with van der Waals surface area (Å²) in [5.41, 5.74) is -0.468. The fourth-order valence-corrected chi connectivity index (χ4v) is 2.87. The van der Waals surface area contributed by atoms with Crippen LogP contribution in [-0.4, -0.2) is 53.5 Å². The van der Waals surface area contributed by atoms with Gasteiger partial charge >= 0.3 is 6.09 Å². The number of piperidine rings is 2. The van der Waals surface area contributed by atoms with Crippen LogP contribution in [0.3, 0.4) is 0 Å². The molecular weight excluding hydrogens is 232 g/mol. The van der Waals surface area contributed by atoms with E-state index in [1.807, 2.05) is 20.8 Å². The molecule has 2 aliphatic rings. The Hall–Kier alpha value is -0.810. The third kappa shape index (κ3) is 2.95. The molecule has 0 bridgehead atoms. The summed E-state index contributed by atoms with van der Waals surface area (Å²) >= 11 is 0. The number of hydrogen-bond donors (Lipinski definition) is 2. The van der Waals surface area contributed by atoms with Crippen LogP contribution in [0, 0.1) is 5.92 Å². The molecule has 0 saturated carbocycles. The third-order valence-electron chi connectivity index (χ3n) is 3.66. The molecule has 0 aromatic carbocycles. The maximum Gasteiger partial charge on any atom is 0.410 e. The molecule has 2 fully saturated rings. The van der Waals surface area contributed by atoms with Crippen molar-refractivity contribution in [2.24, 2.45) is 5.92 Å². The van der Waals surface area contributed by atoms with E-state index in [2.05, 4.69) is 5.32 Å². The van der Waals surface area contributed by atoms with Gasteiger partial charge in [-0.15, -0.1) is 0 Å². The number of likely N-dealkylation sites (tertiary alicyclic amines) is 1. The number of β-amino-alcohol motifs (C(OH)–C–C–N with tert-alkyl or cyclic N) is 1. The summed E-state index contributed by atoms with van der Waals surface area (Å²) in [6.07, 6.45) is 1.33. The first-order valence-corrected chi connectivity index (χ1v) is 6.77. The van der Waals surface area contributed by atoms with Crippen LogP contribution in [0.5, 0.6) is 0 Å². The summed E-state index contributed by atoms with van der Waals surface area (Å²) in [5, 5.41) is 13.2. The molecule has 0 radical (unpaired) electrons. The normalized spacial score (nSPS) is 32.9. The lowest BCUT2D eigenvalue weighted by Crippen LogP contribution is -2.61. The molecule has 2 heterocycles. The molecule has 2 saturated heterocycles. The molecule has 3 atom stereocenters. The average Bonchev–Trinajstić information content (AvgIpc) is 2.26. The highest BCUT2D eigenvalue weighted by molar-refractivity contribution is 5.68. The van der Waals surface area contributed by atoms with Gasteiger partial charge in [0.1, 0.15) is 5.60 Å². The molecule has 0 aromatic heterocycles. The molecule has 3 unspecified atom stereocenters. The molecular formula is C13H24N2O3. The van der Waals surface area contributed by atoms with Gasteiger partial charge in [-0.05, 0) is 33.6 Å². The second-order valence-electron chi connectivity index (χ2n) is 6.27. The van der Waals surface area contributed by atoms with Crippen LogP contribution in [0.15, 0.2) is 0 Å². The van der Waals surface area contributed by atoms with Gasteiger partial charge in [-0.1, -0.05) is 0 Å². The summed E-state index contributed by atoms with van der Waals surface area (Å²) in [7, 11) is 0. The smallest absolute Gasteiger partial charge is 0.410 e. The van der Waals surface area contributed by atoms with Gasteiger partial charge in [0.05, 0.1) is 12.1 Å². The van der Waals surface area contributed by atoms with Crippen LogP contribution in [0.25, 0.3) is 0 Å². The largest absolute Gasteiger partial charge is 0.444 e. The lowest BCUT2D eigenvalue weighted by molar-refractivity contribution is -0.0347. The Kier molecular flexibility index (Phi) is 3.82. The second-order valence-corrected chi connectivity index (χ2v) is 6.27. The zero-order valence-electron chi connectivity index (χ0n) is 11.5. The zero-order valence-corrected chi connectivity index (χ0v) is 11.5. The topological polar surface area (TPSA) is 61.8 Å². The number of nitrogens with zero attached hydrogens (tertiary/aromatic N) is 1. The number of carbonyl (C=O) groups excluding carboxylic acids is 1. The molecule has 5 nitrogen and oxygen atoms in total. The van der Waals surface area contributed by atoms with Crippen molar-refractivity contribution in [3.8, 4) is 0 Å². The molecule has 2 N–H and O–H groups in total. The van der Waals surface area contributed by atoms with Crippen LogP contribution >= 0.6 is 0 Å². The van der Waals surface area contributed by atoms with Gasteiger partial charge in [0.2, 0.25) is 0 Å². The molecule has 18 heavy (non-hydrogen) atoms. The zero-order chi connectivity index (χ0) is 13.3. The molecule has 5 heteroatoms. The molecule has 1 amide bonds. The average molecular weight is 256 g/mol. The molecule has 2 rings (SSSR count). The maximum absolute atomic E-state index is 12.2. The van der Waals surface area contributed by atoms with E-state index in [0.29, 0.717) is 6.54 Å². The van der Waals surface area contributed by atoms with Gasteiger partial charge in [-0.25, -0.2) is 4.79 Å². The minimum atomic E-state index is -0.468. The van der Waals surface area contributed by atoms with E-state index in [9.17, 15) is 9.90 Å². The van der Waals surface area contributed by atoms with Gasteiger partial charge < -0.3 is 20.1 Å². The molecule has 2 aliphatic heterocycles. The van der Waals surface area contributed by atoms with E-state index < -0.39 is 5.60 Å². The summed E-state index contributed by atoms with van der Waals surface area (Å²) in [4.78, 5) is 14.0. The van der Waals surface area contributed by atoms with Gasteiger partial charge in [-0.3, -0.25) is 0 Å². The number of ether oxygens (including phenoxy) is 1. The second kappa shape index (κ2) is 5.05. The number of nitrogens with one attached hydrogen (secondary N) is 1. The highest BCUT2D eigenvalue weighted by atomic mass is 16.6. The van der Waals surface area contributed by atoms with Crippen molar-refractivity contribution in [1.29, 1.82) is 0 Å².